The van der Waals surface area contributed by atoms with E-state index in [4.69, 9.17) is 0 Å². The summed E-state index contributed by atoms with van der Waals surface area (Å²) in [4.78, 5) is 0. The van der Waals surface area contributed by atoms with Crippen molar-refractivity contribution in [1.29, 1.82) is 0 Å². The van der Waals surface area contributed by atoms with E-state index in [1.54, 1.807) is 0 Å². The second-order valence-corrected chi connectivity index (χ2v) is 6.05. The third-order valence-electron chi connectivity index (χ3n) is 1.52. The minimum absolute atomic E-state index is 0.0779. The van der Waals surface area contributed by atoms with E-state index in [0.29, 0.717) is 0 Å². The summed E-state index contributed by atoms with van der Waals surface area (Å²) in [5.41, 5.74) is 0. The molecule has 0 aromatic carbocycles. The Bertz CT molecular complexity index is 101. The molecular formula is C8H18INO. The number of aliphatic hydroxyl groups excluding tert-OH is 1. The molecule has 0 aromatic heterocycles. The average Bonchev–Trinajstić information content (AvgIpc) is 1.86. The van der Waals surface area contributed by atoms with E-state index in [1.807, 2.05) is 13.8 Å². The number of aliphatic hydroxyl groups is 1. The lowest BCUT2D eigenvalue weighted by atomic mass is 10.2. The van der Waals surface area contributed by atoms with E-state index in [2.05, 4.69) is 34.8 Å². The first-order valence-electron chi connectivity index (χ1n) is 4.09. The van der Waals surface area contributed by atoms with E-state index >= 15 is 0 Å². The third-order valence-corrected chi connectivity index (χ3v) is 2.11. The summed E-state index contributed by atoms with van der Waals surface area (Å²) in [5, 5.41) is 12.6. The topological polar surface area (TPSA) is 32.3 Å². The Morgan fingerprint density at radius 1 is 1.55 bits per heavy atom. The van der Waals surface area contributed by atoms with Gasteiger partial charge in [0.1, 0.15) is 6.23 Å². The maximum atomic E-state index is 9.49. The predicted molar refractivity (Wildman–Crippen MR) is 57.0 cm³/mol. The van der Waals surface area contributed by atoms with Crippen molar-refractivity contribution in [2.45, 2.75) is 43.3 Å². The monoisotopic (exact) mass is 271 g/mol. The molecule has 2 N–H and O–H groups in total. The first-order valence-corrected chi connectivity index (χ1v) is 5.16. The molecule has 3 heteroatoms. The van der Waals surface area contributed by atoms with Crippen molar-refractivity contribution >= 4 is 22.6 Å². The highest BCUT2D eigenvalue weighted by Gasteiger charge is 2.22. The van der Waals surface area contributed by atoms with Gasteiger partial charge in [0.25, 0.3) is 0 Å². The molecule has 0 saturated carbocycles. The van der Waals surface area contributed by atoms with E-state index < -0.39 is 6.23 Å². The van der Waals surface area contributed by atoms with Crippen molar-refractivity contribution in [2.24, 2.45) is 0 Å². The summed E-state index contributed by atoms with van der Waals surface area (Å²) in [7, 11) is 0. The largest absolute Gasteiger partial charge is 0.377 e. The van der Waals surface area contributed by atoms with Crippen LogP contribution in [0.4, 0.5) is 0 Å². The van der Waals surface area contributed by atoms with Gasteiger partial charge in [0.05, 0.1) is 3.42 Å². The fourth-order valence-electron chi connectivity index (χ4n) is 0.658. The van der Waals surface area contributed by atoms with Crippen LogP contribution in [-0.2, 0) is 0 Å². The van der Waals surface area contributed by atoms with Crippen molar-refractivity contribution in [1.82, 2.24) is 5.32 Å². The molecule has 2 nitrogen and oxygen atoms in total. The number of hydrogen-bond acceptors (Lipinski definition) is 2. The fourth-order valence-corrected chi connectivity index (χ4v) is 0.878. The molecule has 1 unspecified atom stereocenters. The molecule has 0 heterocycles. The number of unbranched alkanes of at least 4 members (excludes halogenated alkanes) is 1. The highest BCUT2D eigenvalue weighted by molar-refractivity contribution is 14.1. The second kappa shape index (κ2) is 5.32. The molecule has 0 aliphatic rings. The van der Waals surface area contributed by atoms with E-state index in [9.17, 15) is 5.11 Å². The smallest absolute Gasteiger partial charge is 0.119 e. The number of alkyl halides is 1. The summed E-state index contributed by atoms with van der Waals surface area (Å²) in [6, 6.07) is 0. The summed E-state index contributed by atoms with van der Waals surface area (Å²) < 4.78 is -0.0779. The van der Waals surface area contributed by atoms with Crippen molar-refractivity contribution in [2.75, 3.05) is 6.54 Å². The summed E-state index contributed by atoms with van der Waals surface area (Å²) in [6.07, 6.45) is 1.90. The quantitative estimate of drug-likeness (QED) is 0.346. The molecule has 0 aliphatic carbocycles. The highest BCUT2D eigenvalue weighted by atomic mass is 127. The van der Waals surface area contributed by atoms with Crippen LogP contribution in [-0.4, -0.2) is 21.3 Å². The number of rotatable bonds is 5. The molecule has 0 amide bonds. The Morgan fingerprint density at radius 3 is 2.45 bits per heavy atom. The van der Waals surface area contributed by atoms with Crippen molar-refractivity contribution in [3.05, 3.63) is 0 Å². The van der Waals surface area contributed by atoms with Gasteiger partial charge in [-0.15, -0.1) is 0 Å². The van der Waals surface area contributed by atoms with Gasteiger partial charge in [-0.2, -0.15) is 0 Å². The van der Waals surface area contributed by atoms with Crippen LogP contribution >= 0.6 is 22.6 Å². The molecule has 0 fully saturated rings. The Kier molecular flexibility index (Phi) is 5.64. The van der Waals surface area contributed by atoms with Gasteiger partial charge in [-0.1, -0.05) is 35.9 Å². The van der Waals surface area contributed by atoms with Crippen molar-refractivity contribution in [3.8, 4) is 0 Å². The molecule has 1 atom stereocenters. The van der Waals surface area contributed by atoms with Gasteiger partial charge in [0.2, 0.25) is 0 Å². The van der Waals surface area contributed by atoms with Crippen LogP contribution in [0.2, 0.25) is 0 Å². The minimum atomic E-state index is -0.394. The van der Waals surface area contributed by atoms with Crippen LogP contribution in [0.25, 0.3) is 0 Å². The predicted octanol–water partition coefficient (Wildman–Crippen LogP) is 1.91. The zero-order valence-electron chi connectivity index (χ0n) is 7.52. The van der Waals surface area contributed by atoms with Crippen LogP contribution in [0.5, 0.6) is 0 Å². The van der Waals surface area contributed by atoms with Crippen molar-refractivity contribution in [3.63, 3.8) is 0 Å². The van der Waals surface area contributed by atoms with Gasteiger partial charge in [0.15, 0.2) is 0 Å². The van der Waals surface area contributed by atoms with Crippen LogP contribution < -0.4 is 5.32 Å². The fraction of sp³-hybridized carbons (Fsp3) is 1.00. The van der Waals surface area contributed by atoms with Gasteiger partial charge in [-0.05, 0) is 26.8 Å². The minimum Gasteiger partial charge on any atom is -0.377 e. The highest BCUT2D eigenvalue weighted by Crippen LogP contribution is 2.19. The summed E-state index contributed by atoms with van der Waals surface area (Å²) in [5.74, 6) is 0. The van der Waals surface area contributed by atoms with Gasteiger partial charge in [0, 0.05) is 0 Å². The maximum absolute atomic E-state index is 9.49. The Balaban J connectivity index is 3.44. The maximum Gasteiger partial charge on any atom is 0.119 e. The van der Waals surface area contributed by atoms with E-state index in [0.717, 1.165) is 13.0 Å². The lowest BCUT2D eigenvalue weighted by molar-refractivity contribution is 0.113. The zero-order valence-corrected chi connectivity index (χ0v) is 9.68. The zero-order chi connectivity index (χ0) is 8.91. The average molecular weight is 271 g/mol. The van der Waals surface area contributed by atoms with Crippen LogP contribution in [0.15, 0.2) is 0 Å². The number of hydrogen-bond donors (Lipinski definition) is 2. The molecule has 0 saturated heterocycles. The first-order chi connectivity index (χ1) is 4.98. The van der Waals surface area contributed by atoms with Crippen molar-refractivity contribution < 1.29 is 5.11 Å². The molecule has 0 radical (unpaired) electrons. The lowest BCUT2D eigenvalue weighted by Crippen LogP contribution is -2.42. The van der Waals surface area contributed by atoms with Gasteiger partial charge >= 0.3 is 0 Å². The first kappa shape index (κ1) is 11.6. The van der Waals surface area contributed by atoms with Crippen LogP contribution in [0, 0.1) is 0 Å². The van der Waals surface area contributed by atoms with E-state index in [1.165, 1.54) is 6.42 Å². The molecule has 0 aromatic rings. The molecular weight excluding hydrogens is 253 g/mol. The number of halogens is 1. The molecule has 68 valence electrons. The second-order valence-electron chi connectivity index (χ2n) is 3.27. The molecule has 0 aliphatic heterocycles. The SMILES string of the molecule is CCCCNC(O)C(C)(C)I. The number of nitrogens with one attached hydrogen (secondary N) is 1. The molecule has 0 spiro atoms. The standard InChI is InChI=1S/C8H18INO/c1-4-5-6-10-7(11)8(2,3)9/h7,10-11H,4-6H2,1-3H3. The van der Waals surface area contributed by atoms with Gasteiger partial charge < -0.3 is 5.11 Å². The Labute approximate surface area is 82.9 Å². The van der Waals surface area contributed by atoms with E-state index in [-0.39, 0.29) is 3.42 Å². The normalized spacial score (nSPS) is 15.0. The molecule has 11 heavy (non-hydrogen) atoms. The third kappa shape index (κ3) is 5.87. The summed E-state index contributed by atoms with van der Waals surface area (Å²) in [6.45, 7) is 7.07. The molecule has 0 rings (SSSR count). The van der Waals surface area contributed by atoms with Gasteiger partial charge in [-0.25, -0.2) is 0 Å². The lowest BCUT2D eigenvalue weighted by Gasteiger charge is -2.24. The van der Waals surface area contributed by atoms with Gasteiger partial charge in [-0.3, -0.25) is 5.32 Å². The van der Waals surface area contributed by atoms with Crippen LogP contribution in [0.3, 0.4) is 0 Å². The Morgan fingerprint density at radius 2 is 2.09 bits per heavy atom. The summed E-state index contributed by atoms with van der Waals surface area (Å²) >= 11 is 2.24. The molecule has 0 bridgehead atoms. The Hall–Kier alpha value is 0.650. The van der Waals surface area contributed by atoms with Crippen LogP contribution in [0.1, 0.15) is 33.6 Å².